The topological polar surface area (TPSA) is 73.2 Å². The molecule has 0 saturated heterocycles. The van der Waals surface area contributed by atoms with E-state index in [0.717, 1.165) is 0 Å². The first kappa shape index (κ1) is 17.3. The van der Waals surface area contributed by atoms with Crippen molar-refractivity contribution >= 4 is 17.4 Å². The standard InChI is InChI=1S/C19H16FN3O3/c1-13(24)14-2-6-16(7-3-14)21-19(25)18-10-11-23(22-18)12-26-17-8-4-15(20)5-9-17/h2-11H,12H2,1H3,(H,21,25). The number of aromatic nitrogens is 2. The third kappa shape index (κ3) is 4.32. The molecular weight excluding hydrogens is 337 g/mol. The van der Waals surface area contributed by atoms with E-state index in [9.17, 15) is 14.0 Å². The second kappa shape index (κ2) is 7.60. The van der Waals surface area contributed by atoms with Gasteiger partial charge in [0, 0.05) is 17.4 Å². The minimum atomic E-state index is -0.374. The Kier molecular flexibility index (Phi) is 5.07. The fourth-order valence-corrected chi connectivity index (χ4v) is 2.21. The molecule has 1 N–H and O–H groups in total. The van der Waals surface area contributed by atoms with E-state index in [1.807, 2.05) is 0 Å². The lowest BCUT2D eigenvalue weighted by molar-refractivity contribution is 0.101. The molecule has 132 valence electrons. The van der Waals surface area contributed by atoms with Gasteiger partial charge in [-0.05, 0) is 61.5 Å². The third-order valence-corrected chi connectivity index (χ3v) is 3.60. The molecule has 3 aromatic rings. The first-order chi connectivity index (χ1) is 12.5. The minimum Gasteiger partial charge on any atom is -0.471 e. The molecule has 1 amide bonds. The maximum atomic E-state index is 12.8. The molecule has 26 heavy (non-hydrogen) atoms. The third-order valence-electron chi connectivity index (χ3n) is 3.60. The number of carbonyl (C=O) groups excluding carboxylic acids is 2. The van der Waals surface area contributed by atoms with Crippen LogP contribution < -0.4 is 10.1 Å². The summed E-state index contributed by atoms with van der Waals surface area (Å²) in [5.41, 5.74) is 1.37. The van der Waals surface area contributed by atoms with Gasteiger partial charge in [-0.25, -0.2) is 9.07 Å². The zero-order chi connectivity index (χ0) is 18.5. The molecule has 1 aromatic heterocycles. The Morgan fingerprint density at radius 2 is 1.77 bits per heavy atom. The molecule has 7 heteroatoms. The molecule has 0 aliphatic carbocycles. The summed E-state index contributed by atoms with van der Waals surface area (Å²) in [5.74, 6) is -0.255. The van der Waals surface area contributed by atoms with Crippen molar-refractivity contribution in [2.45, 2.75) is 13.7 Å². The molecule has 0 spiro atoms. The molecule has 0 fully saturated rings. The number of ether oxygens (including phenoxy) is 1. The van der Waals surface area contributed by atoms with Crippen molar-refractivity contribution < 1.29 is 18.7 Å². The van der Waals surface area contributed by atoms with Crippen LogP contribution in [-0.2, 0) is 6.73 Å². The van der Waals surface area contributed by atoms with E-state index in [1.165, 1.54) is 35.9 Å². The maximum Gasteiger partial charge on any atom is 0.276 e. The van der Waals surface area contributed by atoms with Gasteiger partial charge < -0.3 is 10.1 Å². The molecule has 3 rings (SSSR count). The number of Topliss-reactive ketones (excluding diaryl/α,β-unsaturated/α-hetero) is 1. The molecule has 0 radical (unpaired) electrons. The average Bonchev–Trinajstić information content (AvgIpc) is 3.11. The smallest absolute Gasteiger partial charge is 0.276 e. The highest BCUT2D eigenvalue weighted by atomic mass is 19.1. The molecule has 1 heterocycles. The zero-order valence-electron chi connectivity index (χ0n) is 14.0. The number of rotatable bonds is 6. The number of halogens is 1. The SMILES string of the molecule is CC(=O)c1ccc(NC(=O)c2ccn(COc3ccc(F)cc3)n2)cc1. The summed E-state index contributed by atoms with van der Waals surface area (Å²) in [6, 6.07) is 13.8. The number of ketones is 1. The van der Waals surface area contributed by atoms with Crippen LogP contribution in [0, 0.1) is 5.82 Å². The predicted molar refractivity (Wildman–Crippen MR) is 93.7 cm³/mol. The molecule has 0 saturated carbocycles. The van der Waals surface area contributed by atoms with Crippen molar-refractivity contribution in [3.63, 3.8) is 0 Å². The number of benzene rings is 2. The van der Waals surface area contributed by atoms with Gasteiger partial charge in [0.2, 0.25) is 0 Å². The lowest BCUT2D eigenvalue weighted by Crippen LogP contribution is -2.14. The summed E-state index contributed by atoms with van der Waals surface area (Å²) in [5, 5.41) is 6.85. The summed E-state index contributed by atoms with van der Waals surface area (Å²) in [4.78, 5) is 23.5. The van der Waals surface area contributed by atoms with Crippen molar-refractivity contribution in [3.8, 4) is 5.75 Å². The van der Waals surface area contributed by atoms with E-state index in [4.69, 9.17) is 4.74 Å². The normalized spacial score (nSPS) is 10.4. The van der Waals surface area contributed by atoms with Gasteiger partial charge in [0.25, 0.3) is 5.91 Å². The van der Waals surface area contributed by atoms with E-state index < -0.39 is 0 Å². The first-order valence-corrected chi connectivity index (χ1v) is 7.85. The number of nitrogens with zero attached hydrogens (tertiary/aromatic N) is 2. The monoisotopic (exact) mass is 353 g/mol. The highest BCUT2D eigenvalue weighted by Gasteiger charge is 2.10. The van der Waals surface area contributed by atoms with Gasteiger partial charge in [-0.2, -0.15) is 5.10 Å². The number of hydrogen-bond acceptors (Lipinski definition) is 4. The Hall–Kier alpha value is -3.48. The molecule has 6 nitrogen and oxygen atoms in total. The summed E-state index contributed by atoms with van der Waals surface area (Å²) < 4.78 is 19.8. The molecule has 0 aliphatic rings. The molecular formula is C19H16FN3O3. The Bertz CT molecular complexity index is 918. The van der Waals surface area contributed by atoms with Crippen molar-refractivity contribution in [3.05, 3.63) is 77.9 Å². The fourth-order valence-electron chi connectivity index (χ4n) is 2.21. The fraction of sp³-hybridized carbons (Fsp3) is 0.105. The van der Waals surface area contributed by atoms with Crippen LogP contribution in [0.1, 0.15) is 27.8 Å². The summed E-state index contributed by atoms with van der Waals surface area (Å²) >= 11 is 0. The summed E-state index contributed by atoms with van der Waals surface area (Å²) in [7, 11) is 0. The average molecular weight is 353 g/mol. The van der Waals surface area contributed by atoms with Gasteiger partial charge in [0.05, 0.1) is 0 Å². The van der Waals surface area contributed by atoms with Crippen LogP contribution in [0.2, 0.25) is 0 Å². The van der Waals surface area contributed by atoms with Gasteiger partial charge >= 0.3 is 0 Å². The van der Waals surface area contributed by atoms with Crippen molar-refractivity contribution in [1.82, 2.24) is 9.78 Å². The van der Waals surface area contributed by atoms with Crippen molar-refractivity contribution in [2.75, 3.05) is 5.32 Å². The molecule has 0 bridgehead atoms. The van der Waals surface area contributed by atoms with Crippen LogP contribution in [0.5, 0.6) is 5.75 Å². The zero-order valence-corrected chi connectivity index (χ0v) is 14.0. The molecule has 2 aromatic carbocycles. The van der Waals surface area contributed by atoms with E-state index in [-0.39, 0.29) is 29.9 Å². The van der Waals surface area contributed by atoms with Gasteiger partial charge in [-0.1, -0.05) is 0 Å². The van der Waals surface area contributed by atoms with E-state index >= 15 is 0 Å². The molecule has 0 unspecified atom stereocenters. The Morgan fingerprint density at radius 1 is 1.08 bits per heavy atom. The number of hydrogen-bond donors (Lipinski definition) is 1. The van der Waals surface area contributed by atoms with Crippen molar-refractivity contribution in [1.29, 1.82) is 0 Å². The lowest BCUT2D eigenvalue weighted by atomic mass is 10.1. The first-order valence-electron chi connectivity index (χ1n) is 7.85. The number of amides is 1. The summed E-state index contributed by atoms with van der Waals surface area (Å²) in [6.07, 6.45) is 1.61. The van der Waals surface area contributed by atoms with E-state index in [0.29, 0.717) is 17.0 Å². The number of nitrogens with one attached hydrogen (secondary N) is 1. The van der Waals surface area contributed by atoms with Gasteiger partial charge in [-0.15, -0.1) is 0 Å². The highest BCUT2D eigenvalue weighted by Crippen LogP contribution is 2.13. The molecule has 0 aliphatic heterocycles. The van der Waals surface area contributed by atoms with Crippen LogP contribution >= 0.6 is 0 Å². The maximum absolute atomic E-state index is 12.8. The van der Waals surface area contributed by atoms with Crippen LogP contribution in [0.4, 0.5) is 10.1 Å². The second-order valence-electron chi connectivity index (χ2n) is 5.56. The Balaban J connectivity index is 1.58. The molecule has 0 atom stereocenters. The predicted octanol–water partition coefficient (Wildman–Crippen LogP) is 3.51. The van der Waals surface area contributed by atoms with E-state index in [2.05, 4.69) is 10.4 Å². The van der Waals surface area contributed by atoms with Gasteiger partial charge in [0.15, 0.2) is 18.2 Å². The minimum absolute atomic E-state index is 0.0391. The highest BCUT2D eigenvalue weighted by molar-refractivity contribution is 6.03. The lowest BCUT2D eigenvalue weighted by Gasteiger charge is -2.06. The van der Waals surface area contributed by atoms with Gasteiger partial charge in [0.1, 0.15) is 11.6 Å². The largest absolute Gasteiger partial charge is 0.471 e. The Labute approximate surface area is 149 Å². The van der Waals surface area contributed by atoms with E-state index in [1.54, 1.807) is 36.5 Å². The second-order valence-corrected chi connectivity index (χ2v) is 5.56. The van der Waals surface area contributed by atoms with Crippen LogP contribution in [-0.4, -0.2) is 21.5 Å². The van der Waals surface area contributed by atoms with Crippen molar-refractivity contribution in [2.24, 2.45) is 0 Å². The number of carbonyl (C=O) groups is 2. The van der Waals surface area contributed by atoms with Crippen LogP contribution in [0.15, 0.2) is 60.8 Å². The van der Waals surface area contributed by atoms with Crippen LogP contribution in [0.25, 0.3) is 0 Å². The van der Waals surface area contributed by atoms with Gasteiger partial charge in [-0.3, -0.25) is 9.59 Å². The quantitative estimate of drug-likeness (QED) is 0.688. The number of anilines is 1. The Morgan fingerprint density at radius 3 is 2.42 bits per heavy atom. The summed E-state index contributed by atoms with van der Waals surface area (Å²) in [6.45, 7) is 1.57. The van der Waals surface area contributed by atoms with Crippen LogP contribution in [0.3, 0.4) is 0 Å².